The van der Waals surface area contributed by atoms with Crippen molar-refractivity contribution in [3.63, 3.8) is 0 Å². The molecule has 0 aromatic rings. The lowest BCUT2D eigenvalue weighted by Gasteiger charge is -1.98. The highest BCUT2D eigenvalue weighted by molar-refractivity contribution is 4.35. The van der Waals surface area contributed by atoms with Crippen LogP contribution < -0.4 is 0 Å². The van der Waals surface area contributed by atoms with E-state index in [1.54, 1.807) is 0 Å². The molecule has 3 heteroatoms. The Hall–Kier alpha value is -0.180. The van der Waals surface area contributed by atoms with Crippen molar-refractivity contribution in [2.45, 2.75) is 33.1 Å². The van der Waals surface area contributed by atoms with E-state index in [1.807, 2.05) is 0 Å². The van der Waals surface area contributed by atoms with Crippen LogP contribution >= 0.6 is 0 Å². The summed E-state index contributed by atoms with van der Waals surface area (Å²) in [6.07, 6.45) is 3.45. The van der Waals surface area contributed by atoms with Crippen LogP contribution in [0.1, 0.15) is 33.1 Å². The minimum absolute atomic E-state index is 0.250. The molecule has 0 rings (SSSR count). The maximum atomic E-state index is 11.4. The normalized spacial score (nSPS) is 9.00. The average Bonchev–Trinajstić information content (AvgIpc) is 2.06. The first-order valence-corrected chi connectivity index (χ1v) is 4.53. The van der Waals surface area contributed by atoms with Crippen molar-refractivity contribution in [2.75, 3.05) is 26.6 Å². The number of halogens is 2. The Kier molecular flexibility index (Phi) is 20.4. The minimum atomic E-state index is -0.355. The van der Waals surface area contributed by atoms with Crippen LogP contribution in [0.25, 0.3) is 0 Å². The summed E-state index contributed by atoms with van der Waals surface area (Å²) in [5.41, 5.74) is 0. The fourth-order valence-corrected chi connectivity index (χ4v) is 0.611. The summed E-state index contributed by atoms with van der Waals surface area (Å²) in [6.45, 7) is 3.97. The van der Waals surface area contributed by atoms with E-state index in [0.717, 1.165) is 13.0 Å². The predicted molar refractivity (Wildman–Crippen MR) is 48.0 cm³/mol. The first kappa shape index (κ1) is 14.3. The van der Waals surface area contributed by atoms with E-state index >= 15 is 0 Å². The summed E-state index contributed by atoms with van der Waals surface area (Å²) < 4.78 is 26.6. The molecular weight excluding hydrogens is 162 g/mol. The van der Waals surface area contributed by atoms with Gasteiger partial charge in [0.15, 0.2) is 0 Å². The second-order valence-corrected chi connectivity index (χ2v) is 2.28. The lowest BCUT2D eigenvalue weighted by molar-refractivity contribution is 0.115. The van der Waals surface area contributed by atoms with E-state index in [0.29, 0.717) is 0 Å². The summed E-state index contributed by atoms with van der Waals surface area (Å²) in [7, 11) is 0. The Morgan fingerprint density at radius 3 is 2.00 bits per heavy atom. The molecule has 0 radical (unpaired) electrons. The molecule has 0 saturated carbocycles. The summed E-state index contributed by atoms with van der Waals surface area (Å²) >= 11 is 0. The molecule has 0 aliphatic rings. The summed E-state index contributed by atoms with van der Waals surface area (Å²) in [5, 5.41) is 0. The molecular formula is C9H20F2O. The Bertz CT molecular complexity index is 54.5. The maximum Gasteiger partial charge on any atom is 0.113 e. The van der Waals surface area contributed by atoms with Crippen LogP contribution in [0.4, 0.5) is 8.78 Å². The highest BCUT2D eigenvalue weighted by Crippen LogP contribution is 1.93. The molecule has 0 saturated heterocycles. The van der Waals surface area contributed by atoms with Gasteiger partial charge in [0.05, 0.1) is 13.3 Å². The first-order chi connectivity index (χ1) is 5.83. The van der Waals surface area contributed by atoms with Crippen LogP contribution in [0.15, 0.2) is 0 Å². The lowest BCUT2D eigenvalue weighted by Crippen LogP contribution is -1.97. The van der Waals surface area contributed by atoms with Gasteiger partial charge in [0, 0.05) is 6.61 Å². The van der Waals surface area contributed by atoms with Gasteiger partial charge in [-0.1, -0.05) is 19.8 Å². The van der Waals surface area contributed by atoms with Gasteiger partial charge in [0.1, 0.15) is 6.67 Å². The minimum Gasteiger partial charge on any atom is -0.379 e. The summed E-state index contributed by atoms with van der Waals surface area (Å²) in [6, 6.07) is 0. The largest absolute Gasteiger partial charge is 0.379 e. The lowest BCUT2D eigenvalue weighted by atomic mass is 10.3. The number of alkyl halides is 2. The Morgan fingerprint density at radius 2 is 1.58 bits per heavy atom. The molecule has 0 amide bonds. The topological polar surface area (TPSA) is 9.23 Å². The van der Waals surface area contributed by atoms with Crippen molar-refractivity contribution in [1.29, 1.82) is 0 Å². The van der Waals surface area contributed by atoms with Crippen LogP contribution in [0.2, 0.25) is 0 Å². The van der Waals surface area contributed by atoms with Crippen LogP contribution in [0.3, 0.4) is 0 Å². The van der Waals surface area contributed by atoms with Crippen LogP contribution in [0, 0.1) is 0 Å². The number of ether oxygens (including phenoxy) is 1. The van der Waals surface area contributed by atoms with Crippen molar-refractivity contribution in [3.05, 3.63) is 0 Å². The van der Waals surface area contributed by atoms with E-state index < -0.39 is 0 Å². The third-order valence-corrected chi connectivity index (χ3v) is 1.11. The van der Waals surface area contributed by atoms with Gasteiger partial charge in [-0.05, 0) is 13.3 Å². The molecule has 0 heterocycles. The van der Waals surface area contributed by atoms with Gasteiger partial charge in [-0.25, -0.2) is 4.39 Å². The third-order valence-electron chi connectivity index (χ3n) is 1.11. The number of rotatable bonds is 6. The van der Waals surface area contributed by atoms with Crippen molar-refractivity contribution in [1.82, 2.24) is 0 Å². The molecule has 0 aliphatic carbocycles. The molecule has 0 aromatic heterocycles. The molecule has 12 heavy (non-hydrogen) atoms. The Labute approximate surface area is 74.1 Å². The standard InChI is InChI=1S/C7H15FO.C2H5F/c1-2-3-4-6-9-7-5-8;1-2-3/h2-7H2,1H3;2H2,1H3. The van der Waals surface area contributed by atoms with Gasteiger partial charge in [-0.15, -0.1) is 0 Å². The molecule has 1 nitrogen and oxygen atoms in total. The number of hydrogen-bond donors (Lipinski definition) is 0. The summed E-state index contributed by atoms with van der Waals surface area (Å²) in [5.74, 6) is 0. The SMILES string of the molecule is CCCCCOCCF.CCF. The molecule has 0 spiro atoms. The van der Waals surface area contributed by atoms with Crippen molar-refractivity contribution in [2.24, 2.45) is 0 Å². The molecule has 76 valence electrons. The number of unbranched alkanes of at least 4 members (excludes halogenated alkanes) is 2. The quantitative estimate of drug-likeness (QED) is 0.573. The van der Waals surface area contributed by atoms with E-state index in [-0.39, 0.29) is 20.0 Å². The Balaban J connectivity index is 0. The second kappa shape index (κ2) is 17.1. The first-order valence-electron chi connectivity index (χ1n) is 4.53. The van der Waals surface area contributed by atoms with E-state index in [9.17, 15) is 8.78 Å². The van der Waals surface area contributed by atoms with Gasteiger partial charge >= 0.3 is 0 Å². The van der Waals surface area contributed by atoms with Gasteiger partial charge < -0.3 is 4.74 Å². The Morgan fingerprint density at radius 1 is 1.00 bits per heavy atom. The third kappa shape index (κ3) is 22.6. The predicted octanol–water partition coefficient (Wildman–Crippen LogP) is 3.14. The zero-order chi connectivity index (χ0) is 9.66. The molecule has 0 unspecified atom stereocenters. The van der Waals surface area contributed by atoms with Gasteiger partial charge in [-0.3, -0.25) is 4.39 Å². The van der Waals surface area contributed by atoms with E-state index in [4.69, 9.17) is 4.74 Å². The monoisotopic (exact) mass is 182 g/mol. The van der Waals surface area contributed by atoms with E-state index in [2.05, 4.69) is 6.92 Å². The molecule has 0 aliphatic heterocycles. The van der Waals surface area contributed by atoms with Crippen molar-refractivity contribution in [3.8, 4) is 0 Å². The highest BCUT2D eigenvalue weighted by Gasteiger charge is 1.85. The van der Waals surface area contributed by atoms with Crippen LogP contribution in [-0.4, -0.2) is 26.6 Å². The van der Waals surface area contributed by atoms with Crippen molar-refractivity contribution < 1.29 is 13.5 Å². The molecule has 0 bridgehead atoms. The molecule has 0 aromatic carbocycles. The van der Waals surface area contributed by atoms with Crippen LogP contribution in [-0.2, 0) is 4.74 Å². The fourth-order valence-electron chi connectivity index (χ4n) is 0.611. The zero-order valence-electron chi connectivity index (χ0n) is 8.11. The van der Waals surface area contributed by atoms with Gasteiger partial charge in [0.2, 0.25) is 0 Å². The van der Waals surface area contributed by atoms with Crippen molar-refractivity contribution >= 4 is 0 Å². The zero-order valence-corrected chi connectivity index (χ0v) is 8.11. The molecule has 0 N–H and O–H groups in total. The fraction of sp³-hybridized carbons (Fsp3) is 1.00. The highest BCUT2D eigenvalue weighted by atomic mass is 19.1. The van der Waals surface area contributed by atoms with Gasteiger partial charge in [-0.2, -0.15) is 0 Å². The average molecular weight is 182 g/mol. The number of hydrogen-bond acceptors (Lipinski definition) is 1. The maximum absolute atomic E-state index is 11.4. The van der Waals surface area contributed by atoms with Crippen LogP contribution in [0.5, 0.6) is 0 Å². The molecule has 0 fully saturated rings. The smallest absolute Gasteiger partial charge is 0.113 e. The van der Waals surface area contributed by atoms with E-state index in [1.165, 1.54) is 19.8 Å². The van der Waals surface area contributed by atoms with Gasteiger partial charge in [0.25, 0.3) is 0 Å². The second-order valence-electron chi connectivity index (χ2n) is 2.28. The molecule has 0 atom stereocenters. The summed E-state index contributed by atoms with van der Waals surface area (Å²) in [4.78, 5) is 0.